The molecule has 1 nitrogen and oxygen atoms in total. The Kier molecular flexibility index (Phi) is 4.35. The SMILES string of the molecule is CCCC(F)(F)C(=O)CC(C)C. The Morgan fingerprint density at radius 3 is 2.25 bits per heavy atom. The summed E-state index contributed by atoms with van der Waals surface area (Å²) in [5, 5.41) is 0. The van der Waals surface area contributed by atoms with E-state index in [-0.39, 0.29) is 18.8 Å². The highest BCUT2D eigenvalue weighted by Gasteiger charge is 2.36. The van der Waals surface area contributed by atoms with E-state index in [4.69, 9.17) is 0 Å². The van der Waals surface area contributed by atoms with Crippen LogP contribution in [0.15, 0.2) is 0 Å². The van der Waals surface area contributed by atoms with Crippen LogP contribution < -0.4 is 0 Å². The molecule has 72 valence electrons. The Hall–Kier alpha value is -0.470. The first-order valence-corrected chi connectivity index (χ1v) is 4.31. The van der Waals surface area contributed by atoms with Crippen LogP contribution >= 0.6 is 0 Å². The predicted molar refractivity (Wildman–Crippen MR) is 44.3 cm³/mol. The second-order valence-corrected chi connectivity index (χ2v) is 3.48. The van der Waals surface area contributed by atoms with E-state index in [1.807, 2.05) is 0 Å². The molecule has 0 fully saturated rings. The van der Waals surface area contributed by atoms with E-state index < -0.39 is 11.7 Å². The molecule has 0 aromatic heterocycles. The second kappa shape index (κ2) is 4.53. The summed E-state index contributed by atoms with van der Waals surface area (Å²) in [5.41, 5.74) is 0. The number of alkyl halides is 2. The molecule has 0 N–H and O–H groups in total. The topological polar surface area (TPSA) is 17.1 Å². The summed E-state index contributed by atoms with van der Waals surface area (Å²) in [6, 6.07) is 0. The Bertz CT molecular complexity index is 153. The number of hydrogen-bond acceptors (Lipinski definition) is 1. The number of rotatable bonds is 5. The average molecular weight is 178 g/mol. The molecule has 0 heterocycles. The summed E-state index contributed by atoms with van der Waals surface area (Å²) in [6.45, 7) is 5.18. The van der Waals surface area contributed by atoms with Crippen molar-refractivity contribution in [2.45, 2.75) is 46.0 Å². The summed E-state index contributed by atoms with van der Waals surface area (Å²) in [7, 11) is 0. The van der Waals surface area contributed by atoms with Crippen LogP contribution in [-0.2, 0) is 4.79 Å². The molecule has 0 spiro atoms. The van der Waals surface area contributed by atoms with Gasteiger partial charge >= 0.3 is 5.92 Å². The van der Waals surface area contributed by atoms with Crippen molar-refractivity contribution >= 4 is 5.78 Å². The lowest BCUT2D eigenvalue weighted by atomic mass is 10.0. The van der Waals surface area contributed by atoms with Gasteiger partial charge in [-0.05, 0) is 12.3 Å². The number of ketones is 1. The summed E-state index contributed by atoms with van der Waals surface area (Å²) >= 11 is 0. The van der Waals surface area contributed by atoms with Crippen molar-refractivity contribution in [2.24, 2.45) is 5.92 Å². The zero-order valence-corrected chi connectivity index (χ0v) is 7.86. The van der Waals surface area contributed by atoms with Gasteiger partial charge in [0.15, 0.2) is 0 Å². The molecule has 0 aliphatic rings. The van der Waals surface area contributed by atoms with Crippen molar-refractivity contribution in [3.63, 3.8) is 0 Å². The van der Waals surface area contributed by atoms with Gasteiger partial charge in [0.25, 0.3) is 0 Å². The minimum absolute atomic E-state index is 0.0141. The first kappa shape index (κ1) is 11.5. The number of Topliss-reactive ketones (excluding diaryl/α,β-unsaturated/α-hetero) is 1. The number of carbonyl (C=O) groups excluding carboxylic acids is 1. The summed E-state index contributed by atoms with van der Waals surface area (Å²) in [5.74, 6) is -4.00. The van der Waals surface area contributed by atoms with E-state index in [1.54, 1.807) is 20.8 Å². The first-order valence-electron chi connectivity index (χ1n) is 4.31. The number of carbonyl (C=O) groups is 1. The van der Waals surface area contributed by atoms with Gasteiger partial charge in [0.1, 0.15) is 0 Å². The fourth-order valence-electron chi connectivity index (χ4n) is 0.974. The Morgan fingerprint density at radius 1 is 1.42 bits per heavy atom. The van der Waals surface area contributed by atoms with Crippen LogP contribution in [-0.4, -0.2) is 11.7 Å². The van der Waals surface area contributed by atoms with E-state index in [9.17, 15) is 13.6 Å². The highest BCUT2D eigenvalue weighted by atomic mass is 19.3. The lowest BCUT2D eigenvalue weighted by molar-refractivity contribution is -0.144. The van der Waals surface area contributed by atoms with Crippen LogP contribution in [0.25, 0.3) is 0 Å². The molecule has 0 amide bonds. The maximum absolute atomic E-state index is 12.8. The van der Waals surface area contributed by atoms with Crippen LogP contribution in [0.2, 0.25) is 0 Å². The third-order valence-electron chi connectivity index (χ3n) is 1.57. The average Bonchev–Trinajstić information content (AvgIpc) is 1.85. The highest BCUT2D eigenvalue weighted by molar-refractivity contribution is 5.85. The van der Waals surface area contributed by atoms with Gasteiger partial charge in [0.2, 0.25) is 5.78 Å². The van der Waals surface area contributed by atoms with Crippen molar-refractivity contribution in [1.82, 2.24) is 0 Å². The van der Waals surface area contributed by atoms with Crippen molar-refractivity contribution in [2.75, 3.05) is 0 Å². The van der Waals surface area contributed by atoms with Gasteiger partial charge in [-0.1, -0.05) is 20.8 Å². The van der Waals surface area contributed by atoms with E-state index in [2.05, 4.69) is 0 Å². The van der Waals surface area contributed by atoms with E-state index in [0.29, 0.717) is 6.42 Å². The molecule has 0 aliphatic carbocycles. The lowest BCUT2D eigenvalue weighted by Crippen LogP contribution is -2.29. The fraction of sp³-hybridized carbons (Fsp3) is 0.889. The van der Waals surface area contributed by atoms with Crippen molar-refractivity contribution in [3.05, 3.63) is 0 Å². The Balaban J connectivity index is 4.06. The molecule has 0 atom stereocenters. The zero-order valence-electron chi connectivity index (χ0n) is 7.86. The van der Waals surface area contributed by atoms with Crippen LogP contribution in [0.4, 0.5) is 8.78 Å². The Labute approximate surface area is 72.2 Å². The minimum atomic E-state index is -3.10. The molecular weight excluding hydrogens is 162 g/mol. The lowest BCUT2D eigenvalue weighted by Gasteiger charge is -2.14. The largest absolute Gasteiger partial charge is 0.305 e. The number of halogens is 2. The van der Waals surface area contributed by atoms with Crippen LogP contribution in [0.5, 0.6) is 0 Å². The molecule has 0 saturated carbocycles. The maximum atomic E-state index is 12.8. The monoisotopic (exact) mass is 178 g/mol. The van der Waals surface area contributed by atoms with Crippen LogP contribution in [0.1, 0.15) is 40.0 Å². The summed E-state index contributed by atoms with van der Waals surface area (Å²) in [6.07, 6.45) is 0.00237. The minimum Gasteiger partial charge on any atom is -0.293 e. The summed E-state index contributed by atoms with van der Waals surface area (Å²) in [4.78, 5) is 10.9. The van der Waals surface area contributed by atoms with Crippen LogP contribution in [0, 0.1) is 5.92 Å². The normalized spacial score (nSPS) is 12.2. The molecular formula is C9H16F2O. The highest BCUT2D eigenvalue weighted by Crippen LogP contribution is 2.24. The molecule has 3 heteroatoms. The van der Waals surface area contributed by atoms with Gasteiger partial charge in [0, 0.05) is 12.8 Å². The molecule has 0 radical (unpaired) electrons. The maximum Gasteiger partial charge on any atom is 0.305 e. The van der Waals surface area contributed by atoms with Gasteiger partial charge in [-0.2, -0.15) is 8.78 Å². The molecule has 12 heavy (non-hydrogen) atoms. The molecule has 0 bridgehead atoms. The van der Waals surface area contributed by atoms with E-state index in [1.165, 1.54) is 0 Å². The number of hydrogen-bond donors (Lipinski definition) is 0. The molecule has 0 aromatic rings. The third kappa shape index (κ3) is 3.79. The molecule has 0 unspecified atom stereocenters. The summed E-state index contributed by atoms with van der Waals surface area (Å²) < 4.78 is 25.7. The fourth-order valence-corrected chi connectivity index (χ4v) is 0.974. The van der Waals surface area contributed by atoms with Gasteiger partial charge < -0.3 is 0 Å². The second-order valence-electron chi connectivity index (χ2n) is 3.48. The van der Waals surface area contributed by atoms with Crippen molar-refractivity contribution in [3.8, 4) is 0 Å². The third-order valence-corrected chi connectivity index (χ3v) is 1.57. The predicted octanol–water partition coefficient (Wildman–Crippen LogP) is 3.04. The van der Waals surface area contributed by atoms with Crippen molar-refractivity contribution in [1.29, 1.82) is 0 Å². The molecule has 0 aromatic carbocycles. The van der Waals surface area contributed by atoms with E-state index in [0.717, 1.165) is 0 Å². The van der Waals surface area contributed by atoms with Gasteiger partial charge in [-0.3, -0.25) is 4.79 Å². The quantitative estimate of drug-likeness (QED) is 0.632. The zero-order chi connectivity index (χ0) is 9.78. The standard InChI is InChI=1S/C9H16F2O/c1-4-5-9(10,11)8(12)6-7(2)3/h7H,4-6H2,1-3H3. The van der Waals surface area contributed by atoms with Crippen LogP contribution in [0.3, 0.4) is 0 Å². The van der Waals surface area contributed by atoms with E-state index >= 15 is 0 Å². The molecule has 0 saturated heterocycles. The van der Waals surface area contributed by atoms with Gasteiger partial charge in [0.05, 0.1) is 0 Å². The van der Waals surface area contributed by atoms with Crippen molar-refractivity contribution < 1.29 is 13.6 Å². The van der Waals surface area contributed by atoms with Gasteiger partial charge in [-0.25, -0.2) is 0 Å². The Morgan fingerprint density at radius 2 is 1.92 bits per heavy atom. The molecule has 0 rings (SSSR count). The smallest absolute Gasteiger partial charge is 0.293 e. The van der Waals surface area contributed by atoms with Gasteiger partial charge in [-0.15, -0.1) is 0 Å². The molecule has 0 aliphatic heterocycles. The first-order chi connectivity index (χ1) is 5.40.